The number of fused-ring (bicyclic) bond motifs is 14. The van der Waals surface area contributed by atoms with E-state index in [2.05, 4.69) is 205 Å². The second-order valence-electron chi connectivity index (χ2n) is 17.7. The molecule has 0 unspecified atom stereocenters. The minimum absolute atomic E-state index is 0.438. The molecule has 2 aliphatic rings. The Morgan fingerprint density at radius 2 is 1.09 bits per heavy atom. The first-order valence-corrected chi connectivity index (χ1v) is 23.0. The number of hydrogen-bond acceptors (Lipinski definition) is 2. The fourth-order valence-electron chi connectivity index (χ4n) is 11.2. The number of hydrogen-bond donors (Lipinski definition) is 0. The Kier molecular flexibility index (Phi) is 8.81. The van der Waals surface area contributed by atoms with E-state index in [1.54, 1.807) is 6.08 Å². The predicted molar refractivity (Wildman–Crippen MR) is 279 cm³/mol. The summed E-state index contributed by atoms with van der Waals surface area (Å²) in [6, 6.07) is 75.8. The van der Waals surface area contributed by atoms with Crippen LogP contribution in [0.5, 0.6) is 0 Å². The zero-order valence-corrected chi connectivity index (χ0v) is 37.0. The number of aromatic nitrogens is 3. The fraction of sp³-hybridized carbons (Fsp3) is 0.0312. The quantitative estimate of drug-likeness (QED) is 0.150. The molecule has 0 radical (unpaired) electrons. The van der Waals surface area contributed by atoms with Crippen molar-refractivity contribution in [2.75, 3.05) is 0 Å². The van der Waals surface area contributed by atoms with Gasteiger partial charge in [-0.05, 0) is 121 Å². The summed E-state index contributed by atoms with van der Waals surface area (Å²) in [7, 11) is 0. The summed E-state index contributed by atoms with van der Waals surface area (Å²) in [5.74, 6) is 0.676. The molecule has 0 atom stereocenters. The van der Waals surface area contributed by atoms with Crippen LogP contribution in [-0.4, -0.2) is 14.5 Å². The van der Waals surface area contributed by atoms with Gasteiger partial charge in [0.1, 0.15) is 0 Å². The normalized spacial score (nSPS) is 13.4. The minimum atomic E-state index is -0.438. The summed E-state index contributed by atoms with van der Waals surface area (Å²) < 4.78 is 2.48. The Morgan fingerprint density at radius 1 is 0.478 bits per heavy atom. The van der Waals surface area contributed by atoms with Crippen LogP contribution in [0.15, 0.2) is 237 Å². The highest BCUT2D eigenvalue weighted by Gasteiger charge is 2.51. The maximum absolute atomic E-state index is 5.12. The van der Waals surface area contributed by atoms with Gasteiger partial charge in [-0.1, -0.05) is 195 Å². The van der Waals surface area contributed by atoms with Crippen molar-refractivity contribution in [2.45, 2.75) is 12.3 Å². The van der Waals surface area contributed by atoms with Crippen molar-refractivity contribution in [3.05, 3.63) is 265 Å². The van der Waals surface area contributed by atoms with Gasteiger partial charge in [0.2, 0.25) is 0 Å². The van der Waals surface area contributed by atoms with E-state index in [1.165, 1.54) is 77.1 Å². The molecular formula is C64H43N3. The number of allylic oxidation sites excluding steroid dienone is 5. The highest BCUT2D eigenvalue weighted by atomic mass is 15.0. The van der Waals surface area contributed by atoms with Gasteiger partial charge in [0.05, 0.1) is 27.8 Å². The SMILES string of the molecule is C=C/C=C(\C=C/C)c1cc(-c2ccccc2)nc(-c2ccc(-c3ccc4c(c3)c3cc5c(cc3n4-c3ccc4ccccc4c3)-c3ccccc3C53c4ccccc4-c4ccccc43)cc2)n1. The van der Waals surface area contributed by atoms with Crippen LogP contribution in [0.2, 0.25) is 0 Å². The lowest BCUT2D eigenvalue weighted by Crippen LogP contribution is -2.25. The number of benzene rings is 9. The van der Waals surface area contributed by atoms with E-state index in [1.807, 2.05) is 37.3 Å². The standard InChI is InChI=1S/C64H43N3/c1-3-16-43(17-4-2)59-40-60(44-19-6-5-7-20-44)66-63(65-59)45-30-28-42(29-31-45)47-33-35-61-53(37-47)54-38-58-52(39-62(54)67(61)48-34-32-41-18-8-9-21-46(41)36-48)51-24-12-15-27-57(51)64(58)55-25-13-10-22-49(55)50-23-11-14-26-56(50)64/h3-40H,1H2,2H3/b17-4-,43-16+. The molecule has 2 heterocycles. The first-order valence-electron chi connectivity index (χ1n) is 23.0. The molecule has 11 aromatic rings. The summed E-state index contributed by atoms with van der Waals surface area (Å²) in [6.45, 7) is 5.99. The Morgan fingerprint density at radius 3 is 1.79 bits per heavy atom. The van der Waals surface area contributed by atoms with E-state index in [9.17, 15) is 0 Å². The molecule has 2 aromatic heterocycles. The molecule has 67 heavy (non-hydrogen) atoms. The van der Waals surface area contributed by atoms with Crippen molar-refractivity contribution in [1.82, 2.24) is 14.5 Å². The molecule has 0 aliphatic heterocycles. The smallest absolute Gasteiger partial charge is 0.160 e. The molecule has 0 amide bonds. The van der Waals surface area contributed by atoms with Crippen LogP contribution in [0, 0.1) is 0 Å². The van der Waals surface area contributed by atoms with Crippen molar-refractivity contribution in [1.29, 1.82) is 0 Å². The molecule has 3 heteroatoms. The summed E-state index contributed by atoms with van der Waals surface area (Å²) >= 11 is 0. The number of nitrogens with zero attached hydrogens (tertiary/aromatic N) is 3. The first kappa shape index (κ1) is 38.8. The summed E-state index contributed by atoms with van der Waals surface area (Å²) in [6.07, 6.45) is 7.90. The van der Waals surface area contributed by atoms with Crippen LogP contribution in [0.1, 0.15) is 34.9 Å². The largest absolute Gasteiger partial charge is 0.309 e. The molecule has 0 fully saturated rings. The fourth-order valence-corrected chi connectivity index (χ4v) is 11.2. The van der Waals surface area contributed by atoms with E-state index in [0.717, 1.165) is 44.9 Å². The molecule has 314 valence electrons. The van der Waals surface area contributed by atoms with Gasteiger partial charge < -0.3 is 4.57 Å². The number of rotatable bonds is 7. The van der Waals surface area contributed by atoms with E-state index >= 15 is 0 Å². The first-order chi connectivity index (χ1) is 33.1. The molecule has 0 bridgehead atoms. The van der Waals surface area contributed by atoms with Gasteiger partial charge in [-0.25, -0.2) is 9.97 Å². The Bertz CT molecular complexity index is 3840. The molecule has 9 aromatic carbocycles. The molecule has 3 nitrogen and oxygen atoms in total. The van der Waals surface area contributed by atoms with Gasteiger partial charge in [-0.2, -0.15) is 0 Å². The third-order valence-electron chi connectivity index (χ3n) is 14.1. The monoisotopic (exact) mass is 853 g/mol. The van der Waals surface area contributed by atoms with Gasteiger partial charge in [0, 0.05) is 27.6 Å². The average Bonchev–Trinajstić information content (AvgIpc) is 3.99. The lowest BCUT2D eigenvalue weighted by atomic mass is 9.70. The van der Waals surface area contributed by atoms with Crippen LogP contribution in [0.4, 0.5) is 0 Å². The molecule has 0 saturated heterocycles. The Labute approximate surface area is 390 Å². The summed E-state index contributed by atoms with van der Waals surface area (Å²) in [5, 5.41) is 4.90. The topological polar surface area (TPSA) is 30.7 Å². The van der Waals surface area contributed by atoms with Crippen molar-refractivity contribution in [2.24, 2.45) is 0 Å². The van der Waals surface area contributed by atoms with E-state index in [0.29, 0.717) is 5.82 Å². The van der Waals surface area contributed by atoms with Gasteiger partial charge in [0.25, 0.3) is 0 Å². The molecule has 13 rings (SSSR count). The minimum Gasteiger partial charge on any atom is -0.309 e. The van der Waals surface area contributed by atoms with Gasteiger partial charge >= 0.3 is 0 Å². The van der Waals surface area contributed by atoms with Gasteiger partial charge in [-0.15, -0.1) is 0 Å². The van der Waals surface area contributed by atoms with Gasteiger partial charge in [0.15, 0.2) is 5.82 Å². The van der Waals surface area contributed by atoms with Crippen LogP contribution in [0.3, 0.4) is 0 Å². The van der Waals surface area contributed by atoms with Crippen LogP contribution >= 0.6 is 0 Å². The maximum Gasteiger partial charge on any atom is 0.160 e. The molecule has 0 N–H and O–H groups in total. The van der Waals surface area contributed by atoms with E-state index in [-0.39, 0.29) is 0 Å². The predicted octanol–water partition coefficient (Wildman–Crippen LogP) is 16.2. The van der Waals surface area contributed by atoms with Crippen LogP contribution in [-0.2, 0) is 5.41 Å². The third kappa shape index (κ3) is 5.84. The summed E-state index contributed by atoms with van der Waals surface area (Å²) in [5.41, 5.74) is 20.6. The lowest BCUT2D eigenvalue weighted by molar-refractivity contribution is 0.795. The van der Waals surface area contributed by atoms with Crippen molar-refractivity contribution < 1.29 is 0 Å². The average molecular weight is 854 g/mol. The van der Waals surface area contributed by atoms with Crippen LogP contribution in [0.25, 0.3) is 99.9 Å². The highest BCUT2D eigenvalue weighted by molar-refractivity contribution is 6.13. The molecule has 2 aliphatic carbocycles. The second-order valence-corrected chi connectivity index (χ2v) is 17.7. The highest BCUT2D eigenvalue weighted by Crippen LogP contribution is 2.63. The lowest BCUT2D eigenvalue weighted by Gasteiger charge is -2.30. The van der Waals surface area contributed by atoms with Crippen LogP contribution < -0.4 is 0 Å². The van der Waals surface area contributed by atoms with Gasteiger partial charge in [-0.3, -0.25) is 0 Å². The maximum atomic E-state index is 5.12. The molecular weight excluding hydrogens is 811 g/mol. The van der Waals surface area contributed by atoms with E-state index in [4.69, 9.17) is 9.97 Å². The summed E-state index contributed by atoms with van der Waals surface area (Å²) in [4.78, 5) is 10.2. The third-order valence-corrected chi connectivity index (χ3v) is 14.1. The zero-order chi connectivity index (χ0) is 44.6. The van der Waals surface area contributed by atoms with E-state index < -0.39 is 5.41 Å². The Hall–Kier alpha value is -8.66. The molecule has 0 saturated carbocycles. The molecule has 1 spiro atoms. The second kappa shape index (κ2) is 15.2. The van der Waals surface area contributed by atoms with Crippen molar-refractivity contribution >= 4 is 38.2 Å². The zero-order valence-electron chi connectivity index (χ0n) is 37.0. The van der Waals surface area contributed by atoms with Crippen molar-refractivity contribution in [3.8, 4) is 61.7 Å². The Balaban J connectivity index is 1.01. The van der Waals surface area contributed by atoms with Crippen molar-refractivity contribution in [3.63, 3.8) is 0 Å².